The number of benzene rings is 2. The van der Waals surface area contributed by atoms with E-state index in [2.05, 4.69) is 45.4 Å². The van der Waals surface area contributed by atoms with Crippen LogP contribution in [0.1, 0.15) is 31.2 Å². The van der Waals surface area contributed by atoms with Crippen molar-refractivity contribution in [3.8, 4) is 0 Å². The smallest absolute Gasteiger partial charge is 0.408 e. The minimum absolute atomic E-state index is 0.0466. The summed E-state index contributed by atoms with van der Waals surface area (Å²) < 4.78 is 6.83. The Balaban J connectivity index is 1.05. The highest BCUT2D eigenvalue weighted by Crippen LogP contribution is 2.12. The molecule has 1 fully saturated rings. The number of piperazine rings is 1. The van der Waals surface area contributed by atoms with Crippen LogP contribution in [0.15, 0.2) is 63.8 Å². The lowest BCUT2D eigenvalue weighted by molar-refractivity contribution is -0.121. The van der Waals surface area contributed by atoms with Crippen LogP contribution >= 0.6 is 0 Å². The average Bonchev–Trinajstić information content (AvgIpc) is 3.16. The molecule has 2 aromatic carbocycles. The Morgan fingerprint density at radius 2 is 1.58 bits per heavy atom. The van der Waals surface area contributed by atoms with Gasteiger partial charge in [0.05, 0.1) is 5.52 Å². The molecule has 0 radical (unpaired) electrons. The second-order valence-corrected chi connectivity index (χ2v) is 8.75. The quantitative estimate of drug-likeness (QED) is 0.455. The van der Waals surface area contributed by atoms with Gasteiger partial charge in [-0.15, -0.1) is 0 Å². The van der Waals surface area contributed by atoms with Gasteiger partial charge < -0.3 is 14.6 Å². The first-order valence-corrected chi connectivity index (χ1v) is 12.0. The van der Waals surface area contributed by atoms with Gasteiger partial charge in [0.15, 0.2) is 5.58 Å². The number of unbranched alkanes of at least 4 members (excludes halogenated alkanes) is 1. The van der Waals surface area contributed by atoms with Crippen molar-refractivity contribution in [2.75, 3.05) is 39.3 Å². The average molecular weight is 451 g/mol. The first-order chi connectivity index (χ1) is 16.2. The highest BCUT2D eigenvalue weighted by Gasteiger charge is 2.16. The third kappa shape index (κ3) is 6.79. The number of nitrogens with zero attached hydrogens (tertiary/aromatic N) is 3. The van der Waals surface area contributed by atoms with E-state index in [0.29, 0.717) is 31.5 Å². The highest BCUT2D eigenvalue weighted by atomic mass is 16.4. The number of rotatable bonds is 11. The van der Waals surface area contributed by atoms with E-state index < -0.39 is 0 Å². The molecular formula is C26H34N4O3. The topological polar surface area (TPSA) is 70.7 Å². The lowest BCUT2D eigenvalue weighted by Gasteiger charge is -2.34. The third-order valence-corrected chi connectivity index (χ3v) is 6.30. The van der Waals surface area contributed by atoms with Crippen LogP contribution < -0.4 is 11.1 Å². The number of fused-ring (bicyclic) bond motifs is 1. The third-order valence-electron chi connectivity index (χ3n) is 6.30. The number of para-hydroxylation sites is 2. The summed E-state index contributed by atoms with van der Waals surface area (Å²) in [6.07, 6.45) is 3.11. The number of aryl methyl sites for hydroxylation is 1. The fourth-order valence-electron chi connectivity index (χ4n) is 4.41. The molecule has 1 aliphatic rings. The van der Waals surface area contributed by atoms with Gasteiger partial charge in [-0.1, -0.05) is 42.5 Å². The molecule has 33 heavy (non-hydrogen) atoms. The summed E-state index contributed by atoms with van der Waals surface area (Å²) in [6, 6.07) is 18.0. The Kier molecular flexibility index (Phi) is 8.33. The number of hydrogen-bond acceptors (Lipinski definition) is 5. The number of carbonyl (C=O) groups is 1. The minimum Gasteiger partial charge on any atom is -0.408 e. The van der Waals surface area contributed by atoms with E-state index in [0.717, 1.165) is 57.6 Å². The zero-order valence-electron chi connectivity index (χ0n) is 19.2. The van der Waals surface area contributed by atoms with E-state index >= 15 is 0 Å². The van der Waals surface area contributed by atoms with Crippen molar-refractivity contribution in [3.05, 3.63) is 70.7 Å². The second kappa shape index (κ2) is 11.8. The maximum atomic E-state index is 12.1. The molecule has 1 amide bonds. The van der Waals surface area contributed by atoms with E-state index in [1.165, 1.54) is 5.56 Å². The van der Waals surface area contributed by atoms with Crippen molar-refractivity contribution in [1.29, 1.82) is 0 Å². The van der Waals surface area contributed by atoms with Crippen molar-refractivity contribution < 1.29 is 9.21 Å². The van der Waals surface area contributed by atoms with E-state index in [4.69, 9.17) is 4.42 Å². The van der Waals surface area contributed by atoms with Gasteiger partial charge in [-0.3, -0.25) is 14.3 Å². The van der Waals surface area contributed by atoms with E-state index in [1.807, 2.05) is 18.2 Å². The predicted octanol–water partition coefficient (Wildman–Crippen LogP) is 3.09. The number of carbonyl (C=O) groups excluding carboxylic acids is 1. The van der Waals surface area contributed by atoms with Crippen LogP contribution in [0.4, 0.5) is 0 Å². The Labute approximate surface area is 195 Å². The van der Waals surface area contributed by atoms with Gasteiger partial charge in [0, 0.05) is 52.2 Å². The summed E-state index contributed by atoms with van der Waals surface area (Å²) in [7, 11) is 0. The SMILES string of the molecule is O=C(CCCn1c(=O)oc2ccccc21)NCCCCN1CCN(Cc2ccccc2)CC1. The molecule has 1 saturated heterocycles. The van der Waals surface area contributed by atoms with Crippen LogP contribution in [0.2, 0.25) is 0 Å². The maximum absolute atomic E-state index is 12.1. The molecule has 7 heteroatoms. The highest BCUT2D eigenvalue weighted by molar-refractivity contribution is 5.76. The molecule has 1 aromatic heterocycles. The molecule has 0 spiro atoms. The molecule has 0 unspecified atom stereocenters. The predicted molar refractivity (Wildman–Crippen MR) is 130 cm³/mol. The summed E-state index contributed by atoms with van der Waals surface area (Å²) >= 11 is 0. The van der Waals surface area contributed by atoms with Crippen molar-refractivity contribution in [2.45, 2.75) is 38.8 Å². The molecule has 0 atom stereocenters. The van der Waals surface area contributed by atoms with Gasteiger partial charge in [0.25, 0.3) is 0 Å². The second-order valence-electron chi connectivity index (χ2n) is 8.75. The van der Waals surface area contributed by atoms with Gasteiger partial charge in [-0.2, -0.15) is 0 Å². The molecule has 3 aromatic rings. The van der Waals surface area contributed by atoms with Gasteiger partial charge in [0.1, 0.15) is 0 Å². The Bertz CT molecular complexity index is 1070. The molecular weight excluding hydrogens is 416 g/mol. The van der Waals surface area contributed by atoms with Gasteiger partial charge >= 0.3 is 5.76 Å². The summed E-state index contributed by atoms with van der Waals surface area (Å²) in [5.74, 6) is -0.317. The number of aromatic nitrogens is 1. The van der Waals surface area contributed by atoms with Crippen LogP contribution in [-0.4, -0.2) is 59.5 Å². The largest absolute Gasteiger partial charge is 0.419 e. The Morgan fingerprint density at radius 1 is 0.848 bits per heavy atom. The standard InChI is InChI=1S/C26H34N4O3/c31-25(13-8-16-30-23-11-4-5-12-24(23)33-26(30)32)27-14-6-7-15-28-17-19-29(20-18-28)21-22-9-2-1-3-10-22/h1-5,9-12H,6-8,13-21H2,(H,27,31). The summed E-state index contributed by atoms with van der Waals surface area (Å²) in [6.45, 7) is 7.77. The first-order valence-electron chi connectivity index (χ1n) is 12.0. The number of amides is 1. The van der Waals surface area contributed by atoms with Crippen molar-refractivity contribution in [2.24, 2.45) is 0 Å². The normalized spacial score (nSPS) is 15.2. The fraction of sp³-hybridized carbons (Fsp3) is 0.462. The van der Waals surface area contributed by atoms with Gasteiger partial charge in [-0.05, 0) is 43.5 Å². The maximum Gasteiger partial charge on any atom is 0.419 e. The lowest BCUT2D eigenvalue weighted by Crippen LogP contribution is -2.46. The fourth-order valence-corrected chi connectivity index (χ4v) is 4.41. The molecule has 7 nitrogen and oxygen atoms in total. The lowest BCUT2D eigenvalue weighted by atomic mass is 10.2. The Morgan fingerprint density at radius 3 is 2.39 bits per heavy atom. The monoisotopic (exact) mass is 450 g/mol. The summed E-state index contributed by atoms with van der Waals surface area (Å²) in [4.78, 5) is 29.2. The van der Waals surface area contributed by atoms with Crippen LogP contribution in [-0.2, 0) is 17.9 Å². The molecule has 0 aliphatic carbocycles. The summed E-state index contributed by atoms with van der Waals surface area (Å²) in [5, 5.41) is 3.01. The van der Waals surface area contributed by atoms with Crippen LogP contribution in [0.3, 0.4) is 0 Å². The van der Waals surface area contributed by atoms with Gasteiger partial charge in [-0.25, -0.2) is 4.79 Å². The Hall–Kier alpha value is -2.90. The van der Waals surface area contributed by atoms with Gasteiger partial charge in [0.2, 0.25) is 5.91 Å². The number of nitrogens with one attached hydrogen (secondary N) is 1. The minimum atomic E-state index is -0.363. The molecule has 1 N–H and O–H groups in total. The zero-order valence-corrected chi connectivity index (χ0v) is 19.2. The molecule has 0 saturated carbocycles. The van der Waals surface area contributed by atoms with Crippen LogP contribution in [0.5, 0.6) is 0 Å². The zero-order chi connectivity index (χ0) is 22.9. The molecule has 176 valence electrons. The van der Waals surface area contributed by atoms with Crippen LogP contribution in [0.25, 0.3) is 11.1 Å². The van der Waals surface area contributed by atoms with Crippen LogP contribution in [0, 0.1) is 0 Å². The molecule has 1 aliphatic heterocycles. The number of hydrogen-bond donors (Lipinski definition) is 1. The first kappa shape index (κ1) is 23.3. The van der Waals surface area contributed by atoms with E-state index in [1.54, 1.807) is 10.6 Å². The molecule has 4 rings (SSSR count). The number of oxazole rings is 1. The molecule has 0 bridgehead atoms. The van der Waals surface area contributed by atoms with Crippen molar-refractivity contribution >= 4 is 17.0 Å². The van der Waals surface area contributed by atoms with Crippen molar-refractivity contribution in [3.63, 3.8) is 0 Å². The van der Waals surface area contributed by atoms with E-state index in [9.17, 15) is 9.59 Å². The van der Waals surface area contributed by atoms with Crippen molar-refractivity contribution in [1.82, 2.24) is 19.7 Å². The summed E-state index contributed by atoms with van der Waals surface area (Å²) in [5.41, 5.74) is 2.75. The molecule has 2 heterocycles. The van der Waals surface area contributed by atoms with E-state index in [-0.39, 0.29) is 11.7 Å².